The van der Waals surface area contributed by atoms with Gasteiger partial charge in [0.1, 0.15) is 5.75 Å². The summed E-state index contributed by atoms with van der Waals surface area (Å²) in [6.45, 7) is 0.780. The third-order valence-electron chi connectivity index (χ3n) is 2.23. The van der Waals surface area contributed by atoms with Gasteiger partial charge in [-0.05, 0) is 24.1 Å². The molecule has 3 heteroatoms. The van der Waals surface area contributed by atoms with E-state index in [4.69, 9.17) is 9.57 Å². The van der Waals surface area contributed by atoms with E-state index in [1.54, 1.807) is 7.11 Å². The van der Waals surface area contributed by atoms with Gasteiger partial charge in [0, 0.05) is 0 Å². The Hall–Kier alpha value is -1.06. The minimum atomic E-state index is 0.315. The molecule has 1 atom stereocenters. The van der Waals surface area contributed by atoms with Gasteiger partial charge in [0.15, 0.2) is 0 Å². The molecule has 1 aliphatic heterocycles. The highest BCUT2D eigenvalue weighted by Gasteiger charge is 2.17. The zero-order valence-electron chi connectivity index (χ0n) is 7.62. The van der Waals surface area contributed by atoms with E-state index >= 15 is 0 Å². The van der Waals surface area contributed by atoms with Gasteiger partial charge in [-0.25, -0.2) is 0 Å². The van der Waals surface area contributed by atoms with Gasteiger partial charge in [-0.2, -0.15) is 5.48 Å². The molecule has 0 aromatic heterocycles. The molecule has 1 aliphatic rings. The van der Waals surface area contributed by atoms with Gasteiger partial charge in [-0.3, -0.25) is 0 Å². The van der Waals surface area contributed by atoms with E-state index in [0.29, 0.717) is 6.04 Å². The van der Waals surface area contributed by atoms with Crippen LogP contribution in [0.25, 0.3) is 0 Å². The lowest BCUT2D eigenvalue weighted by atomic mass is 10.1. The Morgan fingerprint density at radius 1 is 1.54 bits per heavy atom. The predicted octanol–water partition coefficient (Wildman–Crippen LogP) is 1.66. The van der Waals surface area contributed by atoms with Crippen molar-refractivity contribution in [2.45, 2.75) is 12.5 Å². The first-order chi connectivity index (χ1) is 6.40. The van der Waals surface area contributed by atoms with E-state index in [1.165, 1.54) is 5.56 Å². The quantitative estimate of drug-likeness (QED) is 0.749. The van der Waals surface area contributed by atoms with E-state index in [1.807, 2.05) is 18.2 Å². The summed E-state index contributed by atoms with van der Waals surface area (Å²) in [5.74, 6) is 0.895. The maximum Gasteiger partial charge on any atom is 0.119 e. The maximum atomic E-state index is 5.15. The van der Waals surface area contributed by atoms with Crippen LogP contribution >= 0.6 is 0 Å². The van der Waals surface area contributed by atoms with Gasteiger partial charge in [-0.1, -0.05) is 12.1 Å². The molecule has 0 amide bonds. The Morgan fingerprint density at radius 2 is 2.46 bits per heavy atom. The first-order valence-corrected chi connectivity index (χ1v) is 4.41. The first-order valence-electron chi connectivity index (χ1n) is 4.41. The fourth-order valence-corrected chi connectivity index (χ4v) is 1.49. The summed E-state index contributed by atoms with van der Waals surface area (Å²) >= 11 is 0. The predicted molar refractivity (Wildman–Crippen MR) is 49.4 cm³/mol. The Kier molecular flexibility index (Phi) is 2.47. The van der Waals surface area contributed by atoms with Crippen LogP contribution in [-0.2, 0) is 4.84 Å². The normalized spacial score (nSPS) is 21.8. The molecule has 2 rings (SSSR count). The fourth-order valence-electron chi connectivity index (χ4n) is 1.49. The van der Waals surface area contributed by atoms with Crippen LogP contribution in [0.1, 0.15) is 18.0 Å². The number of methoxy groups -OCH3 is 1. The molecule has 0 bridgehead atoms. The molecule has 13 heavy (non-hydrogen) atoms. The number of hydroxylamine groups is 1. The van der Waals surface area contributed by atoms with Crippen molar-refractivity contribution in [1.82, 2.24) is 5.48 Å². The average Bonchev–Trinajstić information content (AvgIpc) is 2.71. The summed E-state index contributed by atoms with van der Waals surface area (Å²) in [5, 5.41) is 0. The van der Waals surface area contributed by atoms with Gasteiger partial charge < -0.3 is 9.57 Å². The number of benzene rings is 1. The highest BCUT2D eigenvalue weighted by molar-refractivity contribution is 5.30. The molecule has 3 nitrogen and oxygen atoms in total. The second kappa shape index (κ2) is 3.77. The molecule has 70 valence electrons. The molecule has 1 heterocycles. The number of nitrogens with one attached hydrogen (secondary N) is 1. The van der Waals surface area contributed by atoms with Gasteiger partial charge in [0.05, 0.1) is 19.8 Å². The van der Waals surface area contributed by atoms with Crippen LogP contribution in [0.3, 0.4) is 0 Å². The van der Waals surface area contributed by atoms with Crippen molar-refractivity contribution < 1.29 is 9.57 Å². The van der Waals surface area contributed by atoms with E-state index in [2.05, 4.69) is 11.5 Å². The molecule has 1 aromatic rings. The Morgan fingerprint density at radius 3 is 3.15 bits per heavy atom. The van der Waals surface area contributed by atoms with Crippen molar-refractivity contribution in [1.29, 1.82) is 0 Å². The summed E-state index contributed by atoms with van der Waals surface area (Å²) < 4.78 is 5.15. The molecule has 1 saturated heterocycles. The third-order valence-corrected chi connectivity index (χ3v) is 2.23. The van der Waals surface area contributed by atoms with Gasteiger partial charge >= 0.3 is 0 Å². The zero-order chi connectivity index (χ0) is 9.10. The van der Waals surface area contributed by atoms with Crippen molar-refractivity contribution >= 4 is 0 Å². The molecule has 0 spiro atoms. The van der Waals surface area contributed by atoms with Crippen LogP contribution in [0, 0.1) is 0 Å². The summed E-state index contributed by atoms with van der Waals surface area (Å²) in [6, 6.07) is 8.37. The van der Waals surface area contributed by atoms with Crippen LogP contribution in [0.4, 0.5) is 0 Å². The van der Waals surface area contributed by atoms with Crippen molar-refractivity contribution in [3.05, 3.63) is 29.8 Å². The molecule has 1 fully saturated rings. The Bertz CT molecular complexity index is 282. The monoisotopic (exact) mass is 179 g/mol. The van der Waals surface area contributed by atoms with Crippen molar-refractivity contribution in [3.63, 3.8) is 0 Å². The summed E-state index contributed by atoms with van der Waals surface area (Å²) in [6.07, 6.45) is 1.02. The van der Waals surface area contributed by atoms with Gasteiger partial charge in [0.2, 0.25) is 0 Å². The lowest BCUT2D eigenvalue weighted by molar-refractivity contribution is 0.0882. The van der Waals surface area contributed by atoms with Crippen molar-refractivity contribution in [2.75, 3.05) is 13.7 Å². The SMILES string of the molecule is COc1cccc(C2CCON2)c1. The molecular formula is C10H13NO2. The molecule has 0 radical (unpaired) electrons. The fraction of sp³-hybridized carbons (Fsp3) is 0.400. The lowest BCUT2D eigenvalue weighted by Gasteiger charge is -2.09. The lowest BCUT2D eigenvalue weighted by Crippen LogP contribution is -2.11. The minimum absolute atomic E-state index is 0.315. The molecule has 1 unspecified atom stereocenters. The average molecular weight is 179 g/mol. The molecule has 1 N–H and O–H groups in total. The van der Waals surface area contributed by atoms with E-state index < -0.39 is 0 Å². The Balaban J connectivity index is 2.18. The van der Waals surface area contributed by atoms with Crippen LogP contribution in [0.5, 0.6) is 5.75 Å². The van der Waals surface area contributed by atoms with Crippen LogP contribution in [0.2, 0.25) is 0 Å². The van der Waals surface area contributed by atoms with E-state index in [9.17, 15) is 0 Å². The summed E-state index contributed by atoms with van der Waals surface area (Å²) in [7, 11) is 1.68. The summed E-state index contributed by atoms with van der Waals surface area (Å²) in [4.78, 5) is 5.09. The highest BCUT2D eigenvalue weighted by atomic mass is 16.7. The largest absolute Gasteiger partial charge is 0.497 e. The van der Waals surface area contributed by atoms with E-state index in [0.717, 1.165) is 18.8 Å². The standard InChI is InChI=1S/C10H13NO2/c1-12-9-4-2-3-8(7-9)10-5-6-13-11-10/h2-4,7,10-11H,5-6H2,1H3. The number of ether oxygens (including phenoxy) is 1. The minimum Gasteiger partial charge on any atom is -0.497 e. The second-order valence-electron chi connectivity index (χ2n) is 3.08. The van der Waals surface area contributed by atoms with Gasteiger partial charge in [0.25, 0.3) is 0 Å². The second-order valence-corrected chi connectivity index (χ2v) is 3.08. The van der Waals surface area contributed by atoms with E-state index in [-0.39, 0.29) is 0 Å². The molecular weight excluding hydrogens is 166 g/mol. The highest BCUT2D eigenvalue weighted by Crippen LogP contribution is 2.24. The maximum absolute atomic E-state index is 5.15. The zero-order valence-corrected chi connectivity index (χ0v) is 7.62. The molecule has 0 saturated carbocycles. The van der Waals surface area contributed by atoms with Crippen LogP contribution in [-0.4, -0.2) is 13.7 Å². The Labute approximate surface area is 77.6 Å². The molecule has 1 aromatic carbocycles. The summed E-state index contributed by atoms with van der Waals surface area (Å²) in [5.41, 5.74) is 4.19. The van der Waals surface area contributed by atoms with Crippen molar-refractivity contribution in [2.24, 2.45) is 0 Å². The van der Waals surface area contributed by atoms with Crippen LogP contribution < -0.4 is 10.2 Å². The number of rotatable bonds is 2. The van der Waals surface area contributed by atoms with Crippen molar-refractivity contribution in [3.8, 4) is 5.75 Å². The van der Waals surface area contributed by atoms with Gasteiger partial charge in [-0.15, -0.1) is 0 Å². The molecule has 0 aliphatic carbocycles. The number of hydrogen-bond donors (Lipinski definition) is 1. The smallest absolute Gasteiger partial charge is 0.119 e. The topological polar surface area (TPSA) is 30.5 Å². The number of hydrogen-bond acceptors (Lipinski definition) is 3. The third kappa shape index (κ3) is 1.82. The van der Waals surface area contributed by atoms with Crippen LogP contribution in [0.15, 0.2) is 24.3 Å². The first kappa shape index (κ1) is 8.53.